The zero-order valence-electron chi connectivity index (χ0n) is 12.5. The van der Waals surface area contributed by atoms with Crippen molar-refractivity contribution in [3.63, 3.8) is 0 Å². The summed E-state index contributed by atoms with van der Waals surface area (Å²) in [4.78, 5) is 22.1. The lowest BCUT2D eigenvalue weighted by atomic mass is 9.91. The number of thiazole rings is 1. The van der Waals surface area contributed by atoms with Gasteiger partial charge in [0.15, 0.2) is 5.13 Å². The van der Waals surface area contributed by atoms with Crippen LogP contribution in [0.1, 0.15) is 42.7 Å². The van der Waals surface area contributed by atoms with Gasteiger partial charge in [-0.05, 0) is 32.2 Å². The number of fused-ring (bicyclic) bond motifs is 1. The van der Waals surface area contributed by atoms with Crippen molar-refractivity contribution in [2.24, 2.45) is 0 Å². The van der Waals surface area contributed by atoms with Crippen molar-refractivity contribution < 1.29 is 9.90 Å². The van der Waals surface area contributed by atoms with Crippen LogP contribution in [-0.4, -0.2) is 53.7 Å². The Labute approximate surface area is 129 Å². The van der Waals surface area contributed by atoms with E-state index in [1.807, 2.05) is 0 Å². The van der Waals surface area contributed by atoms with Crippen LogP contribution in [0.4, 0.5) is 5.13 Å². The van der Waals surface area contributed by atoms with Gasteiger partial charge in [-0.3, -0.25) is 9.69 Å². The Hall–Kier alpha value is -1.14. The molecule has 21 heavy (non-hydrogen) atoms. The third kappa shape index (κ3) is 3.06. The first kappa shape index (κ1) is 14.8. The first-order chi connectivity index (χ1) is 10.2. The van der Waals surface area contributed by atoms with E-state index in [2.05, 4.69) is 16.7 Å². The van der Waals surface area contributed by atoms with Crippen LogP contribution < -0.4 is 4.90 Å². The van der Waals surface area contributed by atoms with E-state index in [0.717, 1.165) is 56.3 Å². The standard InChI is InChI=1S/C15H23N3O2S/c1-2-6-17-7-9-18(10-8-17)15-16-13-11(14(19)20)4-3-5-12(13)21-15/h11H,2-10H2,1H3,(H,19,20). The molecule has 0 aromatic carbocycles. The summed E-state index contributed by atoms with van der Waals surface area (Å²) in [6.45, 7) is 7.56. The van der Waals surface area contributed by atoms with E-state index in [1.165, 1.54) is 17.8 Å². The second kappa shape index (κ2) is 6.32. The predicted molar refractivity (Wildman–Crippen MR) is 84.4 cm³/mol. The topological polar surface area (TPSA) is 56.7 Å². The molecule has 0 bridgehead atoms. The molecule has 1 fully saturated rings. The van der Waals surface area contributed by atoms with Gasteiger partial charge >= 0.3 is 5.97 Å². The molecule has 1 aliphatic carbocycles. The molecular weight excluding hydrogens is 286 g/mol. The highest BCUT2D eigenvalue weighted by Gasteiger charge is 2.31. The fraction of sp³-hybridized carbons (Fsp3) is 0.733. The lowest BCUT2D eigenvalue weighted by molar-refractivity contribution is -0.139. The van der Waals surface area contributed by atoms with Gasteiger partial charge in [0.05, 0.1) is 5.69 Å². The fourth-order valence-electron chi connectivity index (χ4n) is 3.26. The molecule has 2 aliphatic rings. The number of nitrogens with zero attached hydrogens (tertiary/aromatic N) is 3. The summed E-state index contributed by atoms with van der Waals surface area (Å²) < 4.78 is 0. The SMILES string of the molecule is CCCN1CCN(c2nc3c(s2)CCCC3C(=O)O)CC1. The zero-order valence-corrected chi connectivity index (χ0v) is 13.4. The third-order valence-corrected chi connectivity index (χ3v) is 5.62. The molecular formula is C15H23N3O2S. The Morgan fingerprint density at radius 1 is 1.38 bits per heavy atom. The number of piperazine rings is 1. The molecule has 0 radical (unpaired) electrons. The number of carbonyl (C=O) groups is 1. The number of hydrogen-bond acceptors (Lipinski definition) is 5. The highest BCUT2D eigenvalue weighted by atomic mass is 32.1. The molecule has 2 heterocycles. The summed E-state index contributed by atoms with van der Waals surface area (Å²) in [6, 6.07) is 0. The van der Waals surface area contributed by atoms with Crippen molar-refractivity contribution >= 4 is 22.4 Å². The van der Waals surface area contributed by atoms with Gasteiger partial charge in [0.1, 0.15) is 5.92 Å². The Bertz CT molecular complexity index is 509. The second-order valence-electron chi connectivity index (χ2n) is 5.92. The molecule has 1 atom stereocenters. The fourth-order valence-corrected chi connectivity index (χ4v) is 4.48. The molecule has 1 aromatic rings. The van der Waals surface area contributed by atoms with Gasteiger partial charge in [-0.15, -0.1) is 11.3 Å². The van der Waals surface area contributed by atoms with E-state index in [0.29, 0.717) is 0 Å². The first-order valence-corrected chi connectivity index (χ1v) is 8.70. The van der Waals surface area contributed by atoms with Crippen molar-refractivity contribution in [3.05, 3.63) is 10.6 Å². The summed E-state index contributed by atoms with van der Waals surface area (Å²) in [6.07, 6.45) is 3.89. The number of anilines is 1. The van der Waals surface area contributed by atoms with Crippen LogP contribution in [0.3, 0.4) is 0 Å². The number of aliphatic carboxylic acids is 1. The predicted octanol–water partition coefficient (Wildman–Crippen LogP) is 2.18. The Balaban J connectivity index is 1.72. The van der Waals surface area contributed by atoms with E-state index >= 15 is 0 Å². The number of aryl methyl sites for hydroxylation is 1. The van der Waals surface area contributed by atoms with Crippen LogP contribution in [0.5, 0.6) is 0 Å². The highest BCUT2D eigenvalue weighted by Crippen LogP contribution is 2.38. The summed E-state index contributed by atoms with van der Waals surface area (Å²) >= 11 is 1.71. The molecule has 0 amide bonds. The van der Waals surface area contributed by atoms with E-state index in [4.69, 9.17) is 4.98 Å². The molecule has 3 rings (SSSR count). The van der Waals surface area contributed by atoms with Gasteiger partial charge in [-0.2, -0.15) is 0 Å². The van der Waals surface area contributed by atoms with Crippen LogP contribution in [0.25, 0.3) is 0 Å². The van der Waals surface area contributed by atoms with Gasteiger partial charge in [0, 0.05) is 31.1 Å². The van der Waals surface area contributed by atoms with Crippen molar-refractivity contribution in [2.75, 3.05) is 37.6 Å². The van der Waals surface area contributed by atoms with Crippen LogP contribution in [-0.2, 0) is 11.2 Å². The Morgan fingerprint density at radius 2 is 2.14 bits per heavy atom. The normalized spacial score (nSPS) is 23.1. The number of rotatable bonds is 4. The average Bonchev–Trinajstić information content (AvgIpc) is 2.92. The largest absolute Gasteiger partial charge is 0.481 e. The molecule has 6 heteroatoms. The van der Waals surface area contributed by atoms with Crippen molar-refractivity contribution in [3.8, 4) is 0 Å². The number of hydrogen-bond donors (Lipinski definition) is 1. The highest BCUT2D eigenvalue weighted by molar-refractivity contribution is 7.15. The Morgan fingerprint density at radius 3 is 2.81 bits per heavy atom. The van der Waals surface area contributed by atoms with Crippen LogP contribution in [0.15, 0.2) is 0 Å². The van der Waals surface area contributed by atoms with E-state index in [-0.39, 0.29) is 5.92 Å². The van der Waals surface area contributed by atoms with Gasteiger partial charge < -0.3 is 10.0 Å². The van der Waals surface area contributed by atoms with Crippen molar-refractivity contribution in [1.82, 2.24) is 9.88 Å². The third-order valence-electron chi connectivity index (χ3n) is 4.42. The maximum absolute atomic E-state index is 11.4. The maximum Gasteiger partial charge on any atom is 0.312 e. The van der Waals surface area contributed by atoms with Crippen LogP contribution in [0.2, 0.25) is 0 Å². The average molecular weight is 309 g/mol. The molecule has 0 spiro atoms. The van der Waals surface area contributed by atoms with Gasteiger partial charge in [-0.25, -0.2) is 4.98 Å². The van der Waals surface area contributed by atoms with Crippen molar-refractivity contribution in [1.29, 1.82) is 0 Å². The smallest absolute Gasteiger partial charge is 0.312 e. The summed E-state index contributed by atoms with van der Waals surface area (Å²) in [5.74, 6) is -1.11. The first-order valence-electron chi connectivity index (χ1n) is 7.88. The van der Waals surface area contributed by atoms with Gasteiger partial charge in [-0.1, -0.05) is 6.92 Å². The second-order valence-corrected chi connectivity index (χ2v) is 6.98. The number of carboxylic acids is 1. The van der Waals surface area contributed by atoms with Gasteiger partial charge in [0.2, 0.25) is 0 Å². The van der Waals surface area contributed by atoms with Crippen LogP contribution in [0, 0.1) is 0 Å². The van der Waals surface area contributed by atoms with E-state index in [1.54, 1.807) is 11.3 Å². The summed E-state index contributed by atoms with van der Waals surface area (Å²) in [5.41, 5.74) is 0.838. The minimum absolute atomic E-state index is 0.389. The minimum atomic E-state index is -0.722. The van der Waals surface area contributed by atoms with E-state index < -0.39 is 5.97 Å². The zero-order chi connectivity index (χ0) is 14.8. The number of aromatic nitrogens is 1. The summed E-state index contributed by atoms with van der Waals surface area (Å²) in [5, 5.41) is 10.4. The van der Waals surface area contributed by atoms with Crippen LogP contribution >= 0.6 is 11.3 Å². The number of carboxylic acid groups (broad SMARTS) is 1. The van der Waals surface area contributed by atoms with Gasteiger partial charge in [0.25, 0.3) is 0 Å². The molecule has 0 saturated carbocycles. The quantitative estimate of drug-likeness (QED) is 0.924. The summed E-state index contributed by atoms with van der Waals surface area (Å²) in [7, 11) is 0. The molecule has 1 aromatic heterocycles. The minimum Gasteiger partial charge on any atom is -0.481 e. The molecule has 116 valence electrons. The lowest BCUT2D eigenvalue weighted by Crippen LogP contribution is -2.46. The molecule has 1 saturated heterocycles. The lowest BCUT2D eigenvalue weighted by Gasteiger charge is -2.34. The van der Waals surface area contributed by atoms with E-state index in [9.17, 15) is 9.90 Å². The Kier molecular flexibility index (Phi) is 4.45. The monoisotopic (exact) mass is 309 g/mol. The maximum atomic E-state index is 11.4. The molecule has 1 unspecified atom stereocenters. The van der Waals surface area contributed by atoms with Crippen molar-refractivity contribution in [2.45, 2.75) is 38.5 Å². The molecule has 1 aliphatic heterocycles. The molecule has 1 N–H and O–H groups in total. The molecule has 5 nitrogen and oxygen atoms in total.